The summed E-state index contributed by atoms with van der Waals surface area (Å²) < 4.78 is 11.4. The zero-order valence-electron chi connectivity index (χ0n) is 12.3. The van der Waals surface area contributed by atoms with Gasteiger partial charge in [-0.15, -0.1) is 0 Å². The summed E-state index contributed by atoms with van der Waals surface area (Å²) in [7, 11) is 0. The fourth-order valence-corrected chi connectivity index (χ4v) is 2.58. The van der Waals surface area contributed by atoms with E-state index in [1.54, 1.807) is 0 Å². The molecule has 0 radical (unpaired) electrons. The Morgan fingerprint density at radius 2 is 2.23 bits per heavy atom. The van der Waals surface area contributed by atoms with Gasteiger partial charge in [-0.2, -0.15) is 0 Å². The molecule has 1 heterocycles. The Morgan fingerprint density at radius 1 is 1.36 bits per heavy atom. The maximum absolute atomic E-state index is 11.7. The lowest BCUT2D eigenvalue weighted by atomic mass is 10.1. The SMILES string of the molecule is O=C(CCCCCOc1cccc(Br)c1)NC1CCOC1=O. The maximum Gasteiger partial charge on any atom is 0.328 e. The van der Waals surface area contributed by atoms with Crippen LogP contribution in [0.3, 0.4) is 0 Å². The molecule has 1 aromatic carbocycles. The van der Waals surface area contributed by atoms with Crippen LogP contribution in [-0.4, -0.2) is 31.1 Å². The van der Waals surface area contributed by atoms with Crippen LogP contribution in [-0.2, 0) is 14.3 Å². The average molecular weight is 370 g/mol. The van der Waals surface area contributed by atoms with Gasteiger partial charge < -0.3 is 14.8 Å². The normalized spacial score (nSPS) is 17.1. The molecule has 6 heteroatoms. The number of ether oxygens (including phenoxy) is 2. The van der Waals surface area contributed by atoms with Crippen LogP contribution in [0.15, 0.2) is 28.7 Å². The molecule has 1 aromatic rings. The van der Waals surface area contributed by atoms with Crippen molar-refractivity contribution in [3.63, 3.8) is 0 Å². The Kier molecular flexibility index (Phi) is 6.71. The third-order valence-electron chi connectivity index (χ3n) is 3.38. The van der Waals surface area contributed by atoms with Gasteiger partial charge in [0.25, 0.3) is 0 Å². The minimum atomic E-state index is -0.452. The van der Waals surface area contributed by atoms with Gasteiger partial charge >= 0.3 is 5.97 Å². The van der Waals surface area contributed by atoms with Crippen LogP contribution in [0.25, 0.3) is 0 Å². The number of benzene rings is 1. The molecule has 0 aromatic heterocycles. The first-order valence-electron chi connectivity index (χ1n) is 7.49. The van der Waals surface area contributed by atoms with Crippen molar-refractivity contribution >= 4 is 27.8 Å². The van der Waals surface area contributed by atoms with Crippen molar-refractivity contribution in [3.05, 3.63) is 28.7 Å². The highest BCUT2D eigenvalue weighted by atomic mass is 79.9. The first-order valence-corrected chi connectivity index (χ1v) is 8.29. The monoisotopic (exact) mass is 369 g/mol. The van der Waals surface area contributed by atoms with Crippen LogP contribution >= 0.6 is 15.9 Å². The van der Waals surface area contributed by atoms with E-state index in [1.807, 2.05) is 24.3 Å². The summed E-state index contributed by atoms with van der Waals surface area (Å²) >= 11 is 3.39. The van der Waals surface area contributed by atoms with Gasteiger partial charge in [0, 0.05) is 17.3 Å². The van der Waals surface area contributed by atoms with Gasteiger partial charge in [-0.05, 0) is 37.5 Å². The summed E-state index contributed by atoms with van der Waals surface area (Å²) in [6.07, 6.45) is 3.60. The van der Waals surface area contributed by atoms with Gasteiger partial charge in [-0.25, -0.2) is 4.79 Å². The quantitative estimate of drug-likeness (QED) is 0.565. The molecule has 1 fully saturated rings. The van der Waals surface area contributed by atoms with Crippen molar-refractivity contribution in [3.8, 4) is 5.75 Å². The molecule has 22 heavy (non-hydrogen) atoms. The van der Waals surface area contributed by atoms with E-state index < -0.39 is 6.04 Å². The van der Waals surface area contributed by atoms with Gasteiger partial charge in [0.05, 0.1) is 13.2 Å². The standard InChI is InChI=1S/C16H20BrNO4/c17-12-5-4-6-13(11-12)21-9-3-1-2-7-15(19)18-14-8-10-22-16(14)20/h4-6,11,14H,1-3,7-10H2,(H,18,19). The zero-order valence-corrected chi connectivity index (χ0v) is 13.9. The number of carbonyl (C=O) groups is 2. The number of hydrogen-bond acceptors (Lipinski definition) is 4. The van der Waals surface area contributed by atoms with E-state index in [-0.39, 0.29) is 11.9 Å². The molecule has 1 atom stereocenters. The Hall–Kier alpha value is -1.56. The number of rotatable bonds is 8. The second kappa shape index (κ2) is 8.78. The van der Waals surface area contributed by atoms with Crippen LogP contribution < -0.4 is 10.1 Å². The highest BCUT2D eigenvalue weighted by molar-refractivity contribution is 9.10. The Morgan fingerprint density at radius 3 is 2.95 bits per heavy atom. The van der Waals surface area contributed by atoms with Gasteiger partial charge in [-0.1, -0.05) is 22.0 Å². The lowest BCUT2D eigenvalue weighted by molar-refractivity contribution is -0.141. The molecule has 5 nitrogen and oxygen atoms in total. The predicted octanol–water partition coefficient (Wildman–Crippen LogP) is 2.82. The van der Waals surface area contributed by atoms with Crippen LogP contribution in [0.2, 0.25) is 0 Å². The van der Waals surface area contributed by atoms with E-state index in [0.717, 1.165) is 29.5 Å². The first kappa shape index (κ1) is 16.8. The molecule has 2 rings (SSSR count). The molecular weight excluding hydrogens is 350 g/mol. The van der Waals surface area contributed by atoms with Crippen LogP contribution in [0.5, 0.6) is 5.75 Å². The molecule has 0 saturated carbocycles. The molecule has 1 saturated heterocycles. The minimum absolute atomic E-state index is 0.0863. The van der Waals surface area contributed by atoms with Crippen LogP contribution in [0.4, 0.5) is 0 Å². The number of cyclic esters (lactones) is 1. The number of carbonyl (C=O) groups excluding carboxylic acids is 2. The summed E-state index contributed by atoms with van der Waals surface area (Å²) in [5.41, 5.74) is 0. The van der Waals surface area contributed by atoms with Gasteiger partial charge in [0.1, 0.15) is 11.8 Å². The molecule has 0 spiro atoms. The molecule has 120 valence electrons. The second-order valence-electron chi connectivity index (χ2n) is 5.19. The average Bonchev–Trinajstić information content (AvgIpc) is 2.88. The fraction of sp³-hybridized carbons (Fsp3) is 0.500. The third kappa shape index (κ3) is 5.67. The Bertz CT molecular complexity index is 521. The molecule has 1 N–H and O–H groups in total. The van der Waals surface area contributed by atoms with Gasteiger partial charge in [0.2, 0.25) is 5.91 Å². The second-order valence-corrected chi connectivity index (χ2v) is 6.11. The molecule has 0 aliphatic carbocycles. The summed E-state index contributed by atoms with van der Waals surface area (Å²) in [6, 6.07) is 7.27. The first-order chi connectivity index (χ1) is 10.6. The van der Waals surface area contributed by atoms with E-state index in [1.165, 1.54) is 0 Å². The number of nitrogens with one attached hydrogen (secondary N) is 1. The highest BCUT2D eigenvalue weighted by Gasteiger charge is 2.27. The lowest BCUT2D eigenvalue weighted by Crippen LogP contribution is -2.37. The summed E-state index contributed by atoms with van der Waals surface area (Å²) in [6.45, 7) is 1.03. The van der Waals surface area contributed by atoms with E-state index in [0.29, 0.717) is 26.1 Å². The summed E-state index contributed by atoms with van der Waals surface area (Å²) in [5, 5.41) is 2.70. The Labute approximate surface area is 138 Å². The van der Waals surface area contributed by atoms with E-state index in [9.17, 15) is 9.59 Å². The number of amides is 1. The van der Waals surface area contributed by atoms with Gasteiger partial charge in [0.15, 0.2) is 0 Å². The van der Waals surface area contributed by atoms with Crippen molar-refractivity contribution < 1.29 is 19.1 Å². The van der Waals surface area contributed by atoms with Crippen molar-refractivity contribution in [2.45, 2.75) is 38.1 Å². The molecule has 1 aliphatic heterocycles. The van der Waals surface area contributed by atoms with E-state index in [4.69, 9.17) is 9.47 Å². The number of hydrogen-bond donors (Lipinski definition) is 1. The van der Waals surface area contributed by atoms with Crippen molar-refractivity contribution in [1.82, 2.24) is 5.32 Å². The largest absolute Gasteiger partial charge is 0.494 e. The van der Waals surface area contributed by atoms with Crippen LogP contribution in [0.1, 0.15) is 32.1 Å². The predicted molar refractivity (Wildman–Crippen MR) is 85.6 cm³/mol. The molecule has 1 unspecified atom stereocenters. The molecule has 0 bridgehead atoms. The maximum atomic E-state index is 11.7. The third-order valence-corrected chi connectivity index (χ3v) is 3.88. The van der Waals surface area contributed by atoms with E-state index >= 15 is 0 Å². The van der Waals surface area contributed by atoms with Crippen molar-refractivity contribution in [1.29, 1.82) is 0 Å². The summed E-state index contributed by atoms with van der Waals surface area (Å²) in [5.74, 6) is 0.430. The lowest BCUT2D eigenvalue weighted by Gasteiger charge is -2.09. The van der Waals surface area contributed by atoms with E-state index in [2.05, 4.69) is 21.2 Å². The summed E-state index contributed by atoms with van der Waals surface area (Å²) in [4.78, 5) is 22.9. The number of halogens is 1. The fourth-order valence-electron chi connectivity index (χ4n) is 2.20. The smallest absolute Gasteiger partial charge is 0.328 e. The topological polar surface area (TPSA) is 64.6 Å². The van der Waals surface area contributed by atoms with Crippen molar-refractivity contribution in [2.75, 3.05) is 13.2 Å². The molecule has 1 aliphatic rings. The van der Waals surface area contributed by atoms with Crippen molar-refractivity contribution in [2.24, 2.45) is 0 Å². The molecule has 1 amide bonds. The number of unbranched alkanes of at least 4 members (excludes halogenated alkanes) is 2. The Balaban J connectivity index is 1.52. The number of esters is 1. The van der Waals surface area contributed by atoms with Crippen LogP contribution in [0, 0.1) is 0 Å². The van der Waals surface area contributed by atoms with Gasteiger partial charge in [-0.3, -0.25) is 4.79 Å². The molecular formula is C16H20BrNO4. The minimum Gasteiger partial charge on any atom is -0.494 e. The zero-order chi connectivity index (χ0) is 15.8. The highest BCUT2D eigenvalue weighted by Crippen LogP contribution is 2.18.